The van der Waals surface area contributed by atoms with Crippen molar-refractivity contribution in [2.45, 2.75) is 31.2 Å². The van der Waals surface area contributed by atoms with Gasteiger partial charge in [-0.25, -0.2) is 0 Å². The van der Waals surface area contributed by atoms with Crippen molar-refractivity contribution in [2.24, 2.45) is 0 Å². The van der Waals surface area contributed by atoms with E-state index in [2.05, 4.69) is 5.32 Å². The number of methoxy groups -OCH3 is 2. The summed E-state index contributed by atoms with van der Waals surface area (Å²) in [6.07, 6.45) is -3.68. The quantitative estimate of drug-likeness (QED) is 0.821. The summed E-state index contributed by atoms with van der Waals surface area (Å²) in [6, 6.07) is 8.83. The smallest absolute Gasteiger partial charge is 0.416 e. The minimum Gasteiger partial charge on any atom is -0.493 e. The highest BCUT2D eigenvalue weighted by Gasteiger charge is 2.30. The minimum atomic E-state index is -4.33. The van der Waals surface area contributed by atoms with E-state index in [1.54, 1.807) is 20.3 Å². The number of hydrogen-bond acceptors (Lipinski definition) is 4. The number of rotatable bonds is 5. The Morgan fingerprint density at radius 3 is 2.19 bits per heavy atom. The Morgan fingerprint density at radius 2 is 1.63 bits per heavy atom. The number of halogens is 3. The second-order valence-electron chi connectivity index (χ2n) is 6.55. The van der Waals surface area contributed by atoms with E-state index in [0.29, 0.717) is 30.9 Å². The van der Waals surface area contributed by atoms with Crippen LogP contribution >= 0.6 is 0 Å². The van der Waals surface area contributed by atoms with Crippen molar-refractivity contribution in [1.29, 1.82) is 0 Å². The Hall–Kier alpha value is -2.25. The van der Waals surface area contributed by atoms with Crippen LogP contribution in [0.25, 0.3) is 0 Å². The Morgan fingerprint density at radius 1 is 1.04 bits per heavy atom. The van der Waals surface area contributed by atoms with Gasteiger partial charge in [0.1, 0.15) is 0 Å². The molecule has 0 unspecified atom stereocenters. The average molecular weight is 381 g/mol. The summed E-state index contributed by atoms with van der Waals surface area (Å²) >= 11 is 0. The van der Waals surface area contributed by atoms with Gasteiger partial charge in [0.25, 0.3) is 0 Å². The van der Waals surface area contributed by atoms with Crippen molar-refractivity contribution in [3.05, 3.63) is 58.7 Å². The molecule has 0 aromatic heterocycles. The fourth-order valence-corrected chi connectivity index (χ4v) is 3.40. The van der Waals surface area contributed by atoms with Crippen LogP contribution in [0.1, 0.15) is 40.8 Å². The van der Waals surface area contributed by atoms with Crippen molar-refractivity contribution >= 4 is 0 Å². The molecular formula is C20H22F3NO3. The maximum Gasteiger partial charge on any atom is 0.416 e. The minimum absolute atomic E-state index is 0.0366. The van der Waals surface area contributed by atoms with Crippen LogP contribution in [0.2, 0.25) is 0 Å². The summed E-state index contributed by atoms with van der Waals surface area (Å²) in [7, 11) is 3.09. The van der Waals surface area contributed by atoms with Gasteiger partial charge in [-0.05, 0) is 53.8 Å². The van der Waals surface area contributed by atoms with Gasteiger partial charge >= 0.3 is 6.18 Å². The molecule has 0 saturated carbocycles. The van der Waals surface area contributed by atoms with Gasteiger partial charge in [-0.2, -0.15) is 13.2 Å². The number of nitrogens with one attached hydrogen (secondary N) is 1. The van der Waals surface area contributed by atoms with Gasteiger partial charge in [0.05, 0.1) is 25.9 Å². The van der Waals surface area contributed by atoms with Crippen LogP contribution in [0.5, 0.6) is 11.5 Å². The average Bonchev–Trinajstić information content (AvgIpc) is 2.66. The fraction of sp³-hybridized carbons (Fsp3) is 0.400. The SMILES string of the molecule is COc1cc2c(cc1OC)[C@H](CCc1ccc(C(F)(F)F)cc1)NC[C@H]2O. The van der Waals surface area contributed by atoms with Crippen LogP contribution < -0.4 is 14.8 Å². The number of fused-ring (bicyclic) bond motifs is 1. The third kappa shape index (κ3) is 4.20. The lowest BCUT2D eigenvalue weighted by molar-refractivity contribution is -0.137. The number of alkyl halides is 3. The van der Waals surface area contributed by atoms with Gasteiger partial charge < -0.3 is 19.9 Å². The molecule has 1 aliphatic heterocycles. The van der Waals surface area contributed by atoms with Crippen LogP contribution in [0.3, 0.4) is 0 Å². The number of aliphatic hydroxyl groups excluding tert-OH is 1. The second kappa shape index (κ2) is 7.78. The highest BCUT2D eigenvalue weighted by atomic mass is 19.4. The number of ether oxygens (including phenoxy) is 2. The first-order valence-electron chi connectivity index (χ1n) is 8.67. The molecule has 3 rings (SSSR count). The topological polar surface area (TPSA) is 50.7 Å². The van der Waals surface area contributed by atoms with Gasteiger partial charge in [0, 0.05) is 12.6 Å². The Bertz CT molecular complexity index is 790. The van der Waals surface area contributed by atoms with Gasteiger partial charge in [-0.1, -0.05) is 12.1 Å². The highest BCUT2D eigenvalue weighted by Crippen LogP contribution is 2.39. The van der Waals surface area contributed by atoms with E-state index in [1.807, 2.05) is 6.07 Å². The molecule has 27 heavy (non-hydrogen) atoms. The molecular weight excluding hydrogens is 359 g/mol. The molecule has 0 aliphatic carbocycles. The number of β-amino-alcohol motifs (C(OH)–C–C–N with tert-alkyl or cyclic N) is 1. The Labute approximate surface area is 155 Å². The number of aliphatic hydroxyl groups is 1. The monoisotopic (exact) mass is 381 g/mol. The first-order valence-corrected chi connectivity index (χ1v) is 8.67. The van der Waals surface area contributed by atoms with Crippen molar-refractivity contribution in [3.63, 3.8) is 0 Å². The highest BCUT2D eigenvalue weighted by molar-refractivity contribution is 5.50. The van der Waals surface area contributed by atoms with Crippen LogP contribution in [-0.4, -0.2) is 25.9 Å². The molecule has 0 bridgehead atoms. The largest absolute Gasteiger partial charge is 0.493 e. The molecule has 0 spiro atoms. The molecule has 1 aliphatic rings. The van der Waals surface area contributed by atoms with Gasteiger partial charge in [-0.15, -0.1) is 0 Å². The summed E-state index contributed by atoms with van der Waals surface area (Å²) in [5.74, 6) is 1.13. The van der Waals surface area contributed by atoms with E-state index >= 15 is 0 Å². The molecule has 2 aromatic carbocycles. The van der Waals surface area contributed by atoms with Crippen LogP contribution in [0, 0.1) is 0 Å². The third-order valence-electron chi connectivity index (χ3n) is 4.88. The first-order chi connectivity index (χ1) is 12.8. The van der Waals surface area contributed by atoms with Crippen LogP contribution in [0.15, 0.2) is 36.4 Å². The maximum absolute atomic E-state index is 12.7. The van der Waals surface area contributed by atoms with E-state index in [9.17, 15) is 18.3 Å². The van der Waals surface area contributed by atoms with Gasteiger partial charge in [-0.3, -0.25) is 0 Å². The zero-order valence-corrected chi connectivity index (χ0v) is 15.1. The molecule has 0 amide bonds. The molecule has 2 atom stereocenters. The Kier molecular flexibility index (Phi) is 5.62. The predicted molar refractivity (Wildman–Crippen MR) is 95.0 cm³/mol. The molecule has 4 nitrogen and oxygen atoms in total. The summed E-state index contributed by atoms with van der Waals surface area (Å²) < 4.78 is 48.7. The van der Waals surface area contributed by atoms with Crippen molar-refractivity contribution in [3.8, 4) is 11.5 Å². The maximum atomic E-state index is 12.7. The molecule has 0 saturated heterocycles. The summed E-state index contributed by atoms with van der Waals surface area (Å²) in [5.41, 5.74) is 1.88. The van der Waals surface area contributed by atoms with E-state index in [-0.39, 0.29) is 6.04 Å². The third-order valence-corrected chi connectivity index (χ3v) is 4.88. The van der Waals surface area contributed by atoms with Crippen molar-refractivity contribution < 1.29 is 27.8 Å². The standard InChI is InChI=1S/C20H22F3NO3/c1-26-18-9-14-15(10-19(18)27-2)17(25)11-24-16(14)8-5-12-3-6-13(7-4-12)20(21,22)23/h3-4,6-7,9-10,16-17,24-25H,5,8,11H2,1-2H3/t16-,17+/m0/s1. The Balaban J connectivity index is 1.78. The lowest BCUT2D eigenvalue weighted by Gasteiger charge is -2.31. The molecule has 2 aromatic rings. The van der Waals surface area contributed by atoms with Crippen molar-refractivity contribution in [2.75, 3.05) is 20.8 Å². The number of hydrogen-bond donors (Lipinski definition) is 2. The van der Waals surface area contributed by atoms with E-state index < -0.39 is 17.8 Å². The molecule has 0 radical (unpaired) electrons. The van der Waals surface area contributed by atoms with Crippen molar-refractivity contribution in [1.82, 2.24) is 5.32 Å². The second-order valence-corrected chi connectivity index (χ2v) is 6.55. The normalized spacial score (nSPS) is 19.5. The number of aryl methyl sites for hydroxylation is 1. The van der Waals surface area contributed by atoms with E-state index in [4.69, 9.17) is 9.47 Å². The van der Waals surface area contributed by atoms with Crippen LogP contribution in [-0.2, 0) is 12.6 Å². The van der Waals surface area contributed by atoms with E-state index in [0.717, 1.165) is 28.8 Å². The zero-order chi connectivity index (χ0) is 19.6. The molecule has 7 heteroatoms. The molecule has 0 fully saturated rings. The van der Waals surface area contributed by atoms with Gasteiger partial charge in [0.2, 0.25) is 0 Å². The molecule has 146 valence electrons. The summed E-state index contributed by atoms with van der Waals surface area (Å²) in [4.78, 5) is 0. The fourth-order valence-electron chi connectivity index (χ4n) is 3.40. The lowest BCUT2D eigenvalue weighted by Crippen LogP contribution is -2.33. The first kappa shape index (κ1) is 19.5. The predicted octanol–water partition coefficient (Wildman–Crippen LogP) is 4.03. The zero-order valence-electron chi connectivity index (χ0n) is 15.1. The summed E-state index contributed by atoms with van der Waals surface area (Å²) in [6.45, 7) is 0.403. The summed E-state index contributed by atoms with van der Waals surface area (Å²) in [5, 5.41) is 13.6. The van der Waals surface area contributed by atoms with Gasteiger partial charge in [0.15, 0.2) is 11.5 Å². The van der Waals surface area contributed by atoms with Crippen LogP contribution in [0.4, 0.5) is 13.2 Å². The lowest BCUT2D eigenvalue weighted by atomic mass is 9.88. The molecule has 1 heterocycles. The van der Waals surface area contributed by atoms with E-state index in [1.165, 1.54) is 12.1 Å². The number of benzene rings is 2. The molecule has 2 N–H and O–H groups in total.